The van der Waals surface area contributed by atoms with Crippen LogP contribution in [-0.4, -0.2) is 29.6 Å². The topological polar surface area (TPSA) is 86.3 Å². The first-order chi connectivity index (χ1) is 12.5. The summed E-state index contributed by atoms with van der Waals surface area (Å²) in [6.07, 6.45) is 1.59. The van der Waals surface area contributed by atoms with Crippen molar-refractivity contribution in [2.75, 3.05) is 6.54 Å². The zero-order chi connectivity index (χ0) is 18.5. The Bertz CT molecular complexity index is 977. The van der Waals surface area contributed by atoms with Gasteiger partial charge in [-0.3, -0.25) is 9.59 Å². The molecular weight excluding hydrogens is 352 g/mol. The molecule has 3 N–H and O–H groups in total. The molecule has 0 spiro atoms. The Morgan fingerprint density at radius 2 is 1.88 bits per heavy atom. The van der Waals surface area contributed by atoms with E-state index in [4.69, 9.17) is 11.6 Å². The van der Waals surface area contributed by atoms with Crippen LogP contribution < -0.4 is 10.7 Å². The highest BCUT2D eigenvalue weighted by atomic mass is 35.5. The Labute approximate surface area is 155 Å². The Balaban J connectivity index is 1.55. The lowest BCUT2D eigenvalue weighted by Gasteiger charge is -2.04. The number of aromatic nitrogens is 1. The van der Waals surface area contributed by atoms with E-state index in [1.165, 1.54) is 0 Å². The number of nitrogens with one attached hydrogen (secondary N) is 3. The first-order valence-electron chi connectivity index (χ1n) is 7.97. The number of carbonyl (C=O) groups excluding carboxylic acids is 2. The van der Waals surface area contributed by atoms with Gasteiger partial charge < -0.3 is 10.3 Å². The van der Waals surface area contributed by atoms with Crippen molar-refractivity contribution in [3.05, 3.63) is 70.4 Å². The number of fused-ring (bicyclic) bond motifs is 1. The number of benzene rings is 2. The molecule has 2 aromatic carbocycles. The molecule has 26 heavy (non-hydrogen) atoms. The van der Waals surface area contributed by atoms with Gasteiger partial charge in [-0.2, -0.15) is 5.10 Å². The summed E-state index contributed by atoms with van der Waals surface area (Å²) in [6, 6.07) is 14.3. The predicted octanol–water partition coefficient (Wildman–Crippen LogP) is 3.01. The highest BCUT2D eigenvalue weighted by Crippen LogP contribution is 2.19. The standard InChI is InChI=1S/C19H17ClN4O2/c1-12-16(15-4-2-3-5-17(15)23-12)10-22-24-18(25)11-21-19(26)13-6-8-14(20)9-7-13/h2-10,23H,11H2,1H3,(H,21,26)(H,24,25)/b22-10+. The molecule has 2 amide bonds. The van der Waals surface area contributed by atoms with Gasteiger partial charge in [0.2, 0.25) is 0 Å². The number of rotatable bonds is 5. The monoisotopic (exact) mass is 368 g/mol. The highest BCUT2D eigenvalue weighted by Gasteiger charge is 2.08. The second kappa shape index (κ2) is 7.84. The van der Waals surface area contributed by atoms with Crippen LogP contribution in [-0.2, 0) is 4.79 Å². The smallest absolute Gasteiger partial charge is 0.259 e. The fraction of sp³-hybridized carbons (Fsp3) is 0.105. The predicted molar refractivity (Wildman–Crippen MR) is 103 cm³/mol. The van der Waals surface area contributed by atoms with Gasteiger partial charge in [-0.15, -0.1) is 0 Å². The summed E-state index contributed by atoms with van der Waals surface area (Å²) in [5, 5.41) is 8.07. The van der Waals surface area contributed by atoms with Gasteiger partial charge in [0.05, 0.1) is 12.8 Å². The fourth-order valence-electron chi connectivity index (χ4n) is 2.54. The first kappa shape index (κ1) is 17.7. The average molecular weight is 369 g/mol. The van der Waals surface area contributed by atoms with E-state index in [0.29, 0.717) is 10.6 Å². The molecule has 0 saturated carbocycles. The SMILES string of the molecule is Cc1[nH]c2ccccc2c1/C=N/NC(=O)CNC(=O)c1ccc(Cl)cc1. The van der Waals surface area contributed by atoms with Crippen molar-refractivity contribution >= 4 is 40.5 Å². The summed E-state index contributed by atoms with van der Waals surface area (Å²) in [4.78, 5) is 27.0. The zero-order valence-corrected chi connectivity index (χ0v) is 14.8. The maximum atomic E-state index is 11.9. The molecule has 0 aliphatic rings. The third-order valence-corrected chi connectivity index (χ3v) is 4.09. The summed E-state index contributed by atoms with van der Waals surface area (Å²) in [6.45, 7) is 1.77. The van der Waals surface area contributed by atoms with Gasteiger partial charge in [0, 0.05) is 32.7 Å². The summed E-state index contributed by atoms with van der Waals surface area (Å²) in [7, 11) is 0. The number of H-pyrrole nitrogens is 1. The number of aromatic amines is 1. The summed E-state index contributed by atoms with van der Waals surface area (Å²) < 4.78 is 0. The normalized spacial score (nSPS) is 11.0. The minimum absolute atomic E-state index is 0.175. The van der Waals surface area contributed by atoms with Crippen LogP contribution in [0.2, 0.25) is 5.02 Å². The molecule has 1 aromatic heterocycles. The van der Waals surface area contributed by atoms with Crippen LogP contribution in [0.1, 0.15) is 21.6 Å². The van der Waals surface area contributed by atoms with E-state index in [9.17, 15) is 9.59 Å². The largest absolute Gasteiger partial charge is 0.358 e. The summed E-state index contributed by atoms with van der Waals surface area (Å²) in [5.41, 5.74) is 5.71. The van der Waals surface area contributed by atoms with E-state index in [1.807, 2.05) is 31.2 Å². The van der Waals surface area contributed by atoms with Crippen LogP contribution >= 0.6 is 11.6 Å². The number of aryl methyl sites for hydroxylation is 1. The van der Waals surface area contributed by atoms with Crippen molar-refractivity contribution in [2.24, 2.45) is 5.10 Å². The Morgan fingerprint density at radius 1 is 1.15 bits per heavy atom. The number of amides is 2. The molecule has 0 fully saturated rings. The van der Waals surface area contributed by atoms with Crippen LogP contribution in [0, 0.1) is 6.92 Å². The highest BCUT2D eigenvalue weighted by molar-refractivity contribution is 6.30. The quantitative estimate of drug-likeness (QED) is 0.477. The molecule has 0 radical (unpaired) electrons. The lowest BCUT2D eigenvalue weighted by atomic mass is 10.1. The number of halogens is 1. The zero-order valence-electron chi connectivity index (χ0n) is 14.0. The number of carbonyl (C=O) groups is 2. The maximum absolute atomic E-state index is 11.9. The molecule has 0 atom stereocenters. The molecular formula is C19H17ClN4O2. The number of nitrogens with zero attached hydrogens (tertiary/aromatic N) is 1. The van der Waals surface area contributed by atoms with Crippen molar-refractivity contribution in [3.8, 4) is 0 Å². The number of hydrogen-bond acceptors (Lipinski definition) is 3. The molecule has 3 aromatic rings. The molecule has 6 nitrogen and oxygen atoms in total. The molecule has 132 valence electrons. The molecule has 7 heteroatoms. The first-order valence-corrected chi connectivity index (χ1v) is 8.35. The molecule has 0 unspecified atom stereocenters. The molecule has 0 bridgehead atoms. The Hall–Kier alpha value is -3.12. The van der Waals surface area contributed by atoms with Gasteiger partial charge in [0.15, 0.2) is 0 Å². The number of para-hydroxylation sites is 1. The Morgan fingerprint density at radius 3 is 2.65 bits per heavy atom. The number of hydrazone groups is 1. The third kappa shape index (κ3) is 4.10. The van der Waals surface area contributed by atoms with E-state index in [0.717, 1.165) is 22.2 Å². The summed E-state index contributed by atoms with van der Waals surface area (Å²) in [5.74, 6) is -0.769. The van der Waals surface area contributed by atoms with Gasteiger partial charge in [-0.25, -0.2) is 5.43 Å². The van der Waals surface area contributed by atoms with Gasteiger partial charge in [-0.05, 0) is 37.3 Å². The van der Waals surface area contributed by atoms with Crippen LogP contribution in [0.3, 0.4) is 0 Å². The minimum atomic E-state index is -0.416. The van der Waals surface area contributed by atoms with Crippen molar-refractivity contribution in [1.82, 2.24) is 15.7 Å². The third-order valence-electron chi connectivity index (χ3n) is 3.84. The van der Waals surface area contributed by atoms with E-state index in [1.54, 1.807) is 30.5 Å². The maximum Gasteiger partial charge on any atom is 0.259 e. The van der Waals surface area contributed by atoms with E-state index < -0.39 is 5.91 Å². The molecule has 3 rings (SSSR count). The van der Waals surface area contributed by atoms with Crippen molar-refractivity contribution in [2.45, 2.75) is 6.92 Å². The van der Waals surface area contributed by atoms with E-state index in [2.05, 4.69) is 20.8 Å². The van der Waals surface area contributed by atoms with E-state index in [-0.39, 0.29) is 12.5 Å². The lowest BCUT2D eigenvalue weighted by Crippen LogP contribution is -2.34. The van der Waals surface area contributed by atoms with Crippen LogP contribution in [0.4, 0.5) is 0 Å². The van der Waals surface area contributed by atoms with Crippen LogP contribution in [0.5, 0.6) is 0 Å². The van der Waals surface area contributed by atoms with Crippen LogP contribution in [0.25, 0.3) is 10.9 Å². The molecule has 0 aliphatic carbocycles. The lowest BCUT2D eigenvalue weighted by molar-refractivity contribution is -0.120. The van der Waals surface area contributed by atoms with E-state index >= 15 is 0 Å². The Kier molecular flexibility index (Phi) is 5.34. The molecule has 0 aliphatic heterocycles. The van der Waals surface area contributed by atoms with Gasteiger partial charge >= 0.3 is 0 Å². The van der Waals surface area contributed by atoms with Gasteiger partial charge in [0.1, 0.15) is 0 Å². The second-order valence-corrected chi connectivity index (χ2v) is 6.13. The van der Waals surface area contributed by atoms with Crippen molar-refractivity contribution < 1.29 is 9.59 Å². The van der Waals surface area contributed by atoms with Gasteiger partial charge in [-0.1, -0.05) is 29.8 Å². The van der Waals surface area contributed by atoms with Gasteiger partial charge in [0.25, 0.3) is 11.8 Å². The fourth-order valence-corrected chi connectivity index (χ4v) is 2.66. The second-order valence-electron chi connectivity index (χ2n) is 5.69. The van der Waals surface area contributed by atoms with Crippen LogP contribution in [0.15, 0.2) is 53.6 Å². The molecule has 1 heterocycles. The minimum Gasteiger partial charge on any atom is -0.358 e. The molecule has 0 saturated heterocycles. The van der Waals surface area contributed by atoms with Crippen molar-refractivity contribution in [1.29, 1.82) is 0 Å². The summed E-state index contributed by atoms with van der Waals surface area (Å²) >= 11 is 5.78. The average Bonchev–Trinajstić information content (AvgIpc) is 2.96. The van der Waals surface area contributed by atoms with Crippen molar-refractivity contribution in [3.63, 3.8) is 0 Å². The number of hydrogen-bond donors (Lipinski definition) is 3.